The van der Waals surface area contributed by atoms with Gasteiger partial charge in [-0.1, -0.05) is 32.0 Å². The maximum Gasteiger partial charge on any atom is 0.224 e. The van der Waals surface area contributed by atoms with Crippen molar-refractivity contribution in [2.75, 3.05) is 19.7 Å². The number of nitrogens with one attached hydrogen (secondary N) is 2. The number of rotatable bonds is 7. The minimum atomic E-state index is 0.0100. The maximum absolute atomic E-state index is 12.5. The van der Waals surface area contributed by atoms with Gasteiger partial charge in [0.25, 0.3) is 0 Å². The van der Waals surface area contributed by atoms with Gasteiger partial charge in [0.1, 0.15) is 5.75 Å². The molecule has 1 aromatic rings. The van der Waals surface area contributed by atoms with Crippen molar-refractivity contribution in [3.05, 3.63) is 29.8 Å². The molecule has 2 rings (SSSR count). The molecule has 0 aromatic heterocycles. The normalized spacial score (nSPS) is 19.2. The summed E-state index contributed by atoms with van der Waals surface area (Å²) in [6, 6.07) is 8.04. The van der Waals surface area contributed by atoms with Crippen LogP contribution in [0, 0.1) is 11.8 Å². The summed E-state index contributed by atoms with van der Waals surface area (Å²) < 4.78 is 5.74. The van der Waals surface area contributed by atoms with Crippen LogP contribution in [0.5, 0.6) is 5.75 Å². The Kier molecular flexibility index (Phi) is 6.25. The molecule has 0 spiro atoms. The number of amides is 1. The van der Waals surface area contributed by atoms with Crippen molar-refractivity contribution in [3.8, 4) is 5.75 Å². The molecule has 1 amide bonds. The highest BCUT2D eigenvalue weighted by Gasteiger charge is 2.26. The molecule has 1 fully saturated rings. The third-order valence-electron chi connectivity index (χ3n) is 4.05. The Hall–Kier alpha value is -1.55. The van der Waals surface area contributed by atoms with E-state index in [-0.39, 0.29) is 17.9 Å². The van der Waals surface area contributed by atoms with E-state index in [1.807, 2.05) is 25.1 Å². The minimum Gasteiger partial charge on any atom is -0.494 e. The molecule has 122 valence electrons. The predicted octanol–water partition coefficient (Wildman–Crippen LogP) is 2.90. The zero-order chi connectivity index (χ0) is 15.9. The van der Waals surface area contributed by atoms with Crippen LogP contribution < -0.4 is 15.4 Å². The van der Waals surface area contributed by atoms with Crippen LogP contribution in [-0.4, -0.2) is 25.6 Å². The predicted molar refractivity (Wildman–Crippen MR) is 88.9 cm³/mol. The molecular formula is C18H28N2O2. The average molecular weight is 304 g/mol. The standard InChI is InChI=1S/C18H28N2O2/c1-4-22-17-8-6-5-7-15(17)16(11-13(2)3)20-18(21)14-9-10-19-12-14/h5-8,13-14,16,19H,4,9-12H2,1-3H3,(H,20,21). The molecule has 2 N–H and O–H groups in total. The SMILES string of the molecule is CCOc1ccccc1C(CC(C)C)NC(=O)C1CCNC1. The number of para-hydroxylation sites is 1. The zero-order valence-electron chi connectivity index (χ0n) is 13.9. The van der Waals surface area contributed by atoms with E-state index in [1.54, 1.807) is 0 Å². The van der Waals surface area contributed by atoms with Gasteiger partial charge >= 0.3 is 0 Å². The number of ether oxygens (including phenoxy) is 1. The summed E-state index contributed by atoms with van der Waals surface area (Å²) in [6.07, 6.45) is 1.84. The van der Waals surface area contributed by atoms with Gasteiger partial charge in [-0.2, -0.15) is 0 Å². The molecule has 0 saturated carbocycles. The zero-order valence-corrected chi connectivity index (χ0v) is 13.9. The van der Waals surface area contributed by atoms with Crippen molar-refractivity contribution < 1.29 is 9.53 Å². The number of benzene rings is 1. The summed E-state index contributed by atoms with van der Waals surface area (Å²) in [6.45, 7) is 8.69. The molecule has 2 unspecified atom stereocenters. The molecule has 1 aliphatic rings. The summed E-state index contributed by atoms with van der Waals surface area (Å²) in [5.41, 5.74) is 1.08. The van der Waals surface area contributed by atoms with Crippen LogP contribution in [0.25, 0.3) is 0 Å². The molecule has 1 aliphatic heterocycles. The highest BCUT2D eigenvalue weighted by Crippen LogP contribution is 2.30. The molecule has 2 atom stereocenters. The van der Waals surface area contributed by atoms with E-state index in [1.165, 1.54) is 0 Å². The lowest BCUT2D eigenvalue weighted by atomic mass is 9.95. The first-order valence-corrected chi connectivity index (χ1v) is 8.34. The Morgan fingerprint density at radius 3 is 2.82 bits per heavy atom. The Morgan fingerprint density at radius 2 is 2.18 bits per heavy atom. The molecule has 0 radical (unpaired) electrons. The molecule has 4 heteroatoms. The van der Waals surface area contributed by atoms with E-state index >= 15 is 0 Å². The van der Waals surface area contributed by atoms with E-state index in [2.05, 4.69) is 30.5 Å². The van der Waals surface area contributed by atoms with Gasteiger partial charge in [-0.05, 0) is 38.3 Å². The van der Waals surface area contributed by atoms with Gasteiger partial charge in [0.2, 0.25) is 5.91 Å². The van der Waals surface area contributed by atoms with Gasteiger partial charge < -0.3 is 15.4 Å². The summed E-state index contributed by atoms with van der Waals surface area (Å²) in [5.74, 6) is 1.62. The maximum atomic E-state index is 12.5. The Bertz CT molecular complexity index is 482. The molecule has 1 aromatic carbocycles. The lowest BCUT2D eigenvalue weighted by Gasteiger charge is -2.24. The van der Waals surface area contributed by atoms with Crippen LogP contribution in [0.1, 0.15) is 45.2 Å². The summed E-state index contributed by atoms with van der Waals surface area (Å²) in [5, 5.41) is 6.50. The van der Waals surface area contributed by atoms with Crippen molar-refractivity contribution >= 4 is 5.91 Å². The molecular weight excluding hydrogens is 276 g/mol. The van der Waals surface area contributed by atoms with Crippen molar-refractivity contribution in [1.82, 2.24) is 10.6 Å². The first-order valence-electron chi connectivity index (χ1n) is 8.34. The van der Waals surface area contributed by atoms with E-state index in [0.717, 1.165) is 37.2 Å². The first-order chi connectivity index (χ1) is 10.6. The van der Waals surface area contributed by atoms with Crippen molar-refractivity contribution in [3.63, 3.8) is 0 Å². The lowest BCUT2D eigenvalue weighted by Crippen LogP contribution is -2.35. The average Bonchev–Trinajstić information content (AvgIpc) is 3.01. The van der Waals surface area contributed by atoms with Gasteiger partial charge in [-0.15, -0.1) is 0 Å². The van der Waals surface area contributed by atoms with Crippen LogP contribution in [0.3, 0.4) is 0 Å². The van der Waals surface area contributed by atoms with Crippen LogP contribution in [-0.2, 0) is 4.79 Å². The fraction of sp³-hybridized carbons (Fsp3) is 0.611. The fourth-order valence-electron chi connectivity index (χ4n) is 2.96. The molecule has 1 saturated heterocycles. The number of hydrogen-bond acceptors (Lipinski definition) is 3. The number of hydrogen-bond donors (Lipinski definition) is 2. The van der Waals surface area contributed by atoms with Crippen molar-refractivity contribution in [2.45, 2.75) is 39.7 Å². The monoisotopic (exact) mass is 304 g/mol. The third kappa shape index (κ3) is 4.47. The Labute approximate surface area is 133 Å². The van der Waals surface area contributed by atoms with Gasteiger partial charge in [0.05, 0.1) is 18.6 Å². The largest absolute Gasteiger partial charge is 0.494 e. The summed E-state index contributed by atoms with van der Waals surface area (Å²) in [7, 11) is 0. The minimum absolute atomic E-state index is 0.0100. The highest BCUT2D eigenvalue weighted by molar-refractivity contribution is 5.79. The Balaban J connectivity index is 2.16. The summed E-state index contributed by atoms with van der Waals surface area (Å²) in [4.78, 5) is 12.5. The van der Waals surface area contributed by atoms with Gasteiger partial charge in [-0.25, -0.2) is 0 Å². The molecule has 4 nitrogen and oxygen atoms in total. The number of carbonyl (C=O) groups is 1. The van der Waals surface area contributed by atoms with Crippen LogP contribution in [0.2, 0.25) is 0 Å². The quantitative estimate of drug-likeness (QED) is 0.814. The smallest absolute Gasteiger partial charge is 0.224 e. The second-order valence-corrected chi connectivity index (χ2v) is 6.35. The van der Waals surface area contributed by atoms with Gasteiger partial charge in [0.15, 0.2) is 0 Å². The second kappa shape index (κ2) is 8.18. The topological polar surface area (TPSA) is 50.4 Å². The molecule has 0 aliphatic carbocycles. The third-order valence-corrected chi connectivity index (χ3v) is 4.05. The molecule has 22 heavy (non-hydrogen) atoms. The van der Waals surface area contributed by atoms with Crippen LogP contribution in [0.4, 0.5) is 0 Å². The first kappa shape index (κ1) is 16.8. The molecule has 0 bridgehead atoms. The molecule has 1 heterocycles. The van der Waals surface area contributed by atoms with E-state index in [0.29, 0.717) is 12.5 Å². The van der Waals surface area contributed by atoms with E-state index < -0.39 is 0 Å². The Morgan fingerprint density at radius 1 is 1.41 bits per heavy atom. The van der Waals surface area contributed by atoms with Crippen molar-refractivity contribution in [1.29, 1.82) is 0 Å². The van der Waals surface area contributed by atoms with E-state index in [4.69, 9.17) is 4.74 Å². The number of carbonyl (C=O) groups excluding carboxylic acids is 1. The van der Waals surface area contributed by atoms with Gasteiger partial charge in [-0.3, -0.25) is 4.79 Å². The lowest BCUT2D eigenvalue weighted by molar-refractivity contribution is -0.125. The second-order valence-electron chi connectivity index (χ2n) is 6.35. The fourth-order valence-corrected chi connectivity index (χ4v) is 2.96. The summed E-state index contributed by atoms with van der Waals surface area (Å²) >= 11 is 0. The highest BCUT2D eigenvalue weighted by atomic mass is 16.5. The van der Waals surface area contributed by atoms with E-state index in [9.17, 15) is 4.79 Å². The van der Waals surface area contributed by atoms with Gasteiger partial charge in [0, 0.05) is 12.1 Å². The van der Waals surface area contributed by atoms with Crippen molar-refractivity contribution in [2.24, 2.45) is 11.8 Å². The van der Waals surface area contributed by atoms with Crippen LogP contribution >= 0.6 is 0 Å². The van der Waals surface area contributed by atoms with Crippen LogP contribution in [0.15, 0.2) is 24.3 Å².